The van der Waals surface area contributed by atoms with E-state index in [9.17, 15) is 9.90 Å². The van der Waals surface area contributed by atoms with Crippen LogP contribution in [0.4, 0.5) is 0 Å². The molecule has 1 aromatic rings. The Kier molecular flexibility index (Phi) is 3.21. The molecule has 5 nitrogen and oxygen atoms in total. The van der Waals surface area contributed by atoms with E-state index in [1.54, 1.807) is 0 Å². The quantitative estimate of drug-likeness (QED) is 0.863. The molecule has 18 heavy (non-hydrogen) atoms. The van der Waals surface area contributed by atoms with Gasteiger partial charge in [0.1, 0.15) is 16.9 Å². The highest BCUT2D eigenvalue weighted by atomic mass is 16.5. The van der Waals surface area contributed by atoms with Crippen molar-refractivity contribution in [1.29, 1.82) is 0 Å². The number of ether oxygens (including phenoxy) is 1. The summed E-state index contributed by atoms with van der Waals surface area (Å²) < 4.78 is 10.9. The smallest absolute Gasteiger partial charge is 0.339 e. The third kappa shape index (κ3) is 2.15. The molecular weight excluding hydrogens is 236 g/mol. The number of aliphatic hydroxyl groups is 1. The van der Waals surface area contributed by atoms with Crippen molar-refractivity contribution < 1.29 is 24.2 Å². The second-order valence-corrected chi connectivity index (χ2v) is 5.08. The first-order valence-corrected chi connectivity index (χ1v) is 6.08. The molecule has 1 saturated heterocycles. The molecule has 0 aliphatic carbocycles. The molecule has 0 spiro atoms. The number of rotatable bonds is 3. The van der Waals surface area contributed by atoms with Gasteiger partial charge in [0.15, 0.2) is 0 Å². The summed E-state index contributed by atoms with van der Waals surface area (Å²) >= 11 is 0. The van der Waals surface area contributed by atoms with Crippen LogP contribution in [0.1, 0.15) is 49.2 Å². The predicted octanol–water partition coefficient (Wildman–Crippen LogP) is 2.14. The van der Waals surface area contributed by atoms with Crippen molar-refractivity contribution in [3.63, 3.8) is 0 Å². The Labute approximate surface area is 105 Å². The molecule has 1 fully saturated rings. The second-order valence-electron chi connectivity index (χ2n) is 5.08. The number of furan rings is 1. The standard InChI is InChI=1S/C13H18O5/c1-3-12(2)8-13(16,5-7-18-12)10-9(11(14)15)4-6-17-10/h4,6,16H,3,5,7-8H2,1-2H3,(H,14,15). The summed E-state index contributed by atoms with van der Waals surface area (Å²) in [5, 5.41) is 19.8. The maximum absolute atomic E-state index is 11.1. The van der Waals surface area contributed by atoms with Gasteiger partial charge in [0, 0.05) is 12.8 Å². The van der Waals surface area contributed by atoms with Crippen LogP contribution in [0, 0.1) is 0 Å². The van der Waals surface area contributed by atoms with Crippen LogP contribution in [0.3, 0.4) is 0 Å². The van der Waals surface area contributed by atoms with E-state index in [1.807, 2.05) is 13.8 Å². The maximum atomic E-state index is 11.1. The lowest BCUT2D eigenvalue weighted by atomic mass is 9.79. The minimum atomic E-state index is -1.26. The third-order valence-corrected chi connectivity index (χ3v) is 3.70. The monoisotopic (exact) mass is 254 g/mol. The molecule has 100 valence electrons. The highest BCUT2D eigenvalue weighted by Gasteiger charge is 2.46. The molecule has 2 rings (SSSR count). The molecule has 0 saturated carbocycles. The van der Waals surface area contributed by atoms with E-state index < -0.39 is 17.2 Å². The topological polar surface area (TPSA) is 79.9 Å². The van der Waals surface area contributed by atoms with E-state index in [2.05, 4.69) is 0 Å². The molecule has 5 heteroatoms. The van der Waals surface area contributed by atoms with E-state index in [4.69, 9.17) is 14.3 Å². The zero-order chi connectivity index (χ0) is 13.4. The molecule has 0 bridgehead atoms. The number of hydrogen-bond acceptors (Lipinski definition) is 4. The van der Waals surface area contributed by atoms with Crippen molar-refractivity contribution in [1.82, 2.24) is 0 Å². The number of hydrogen-bond donors (Lipinski definition) is 2. The van der Waals surface area contributed by atoms with Gasteiger partial charge in [-0.3, -0.25) is 0 Å². The summed E-state index contributed by atoms with van der Waals surface area (Å²) in [5.41, 5.74) is -1.69. The molecule has 1 aromatic heterocycles. The van der Waals surface area contributed by atoms with Gasteiger partial charge in [-0.15, -0.1) is 0 Å². The van der Waals surface area contributed by atoms with Crippen LogP contribution in [-0.2, 0) is 10.3 Å². The van der Waals surface area contributed by atoms with E-state index in [0.717, 1.165) is 6.42 Å². The second kappa shape index (κ2) is 4.40. The third-order valence-electron chi connectivity index (χ3n) is 3.70. The Bertz CT molecular complexity index is 452. The minimum Gasteiger partial charge on any atom is -0.478 e. The lowest BCUT2D eigenvalue weighted by Gasteiger charge is -2.42. The summed E-state index contributed by atoms with van der Waals surface area (Å²) in [6, 6.07) is 1.37. The molecule has 0 aromatic carbocycles. The van der Waals surface area contributed by atoms with Crippen molar-refractivity contribution >= 4 is 5.97 Å². The van der Waals surface area contributed by atoms with Crippen molar-refractivity contribution in [3.8, 4) is 0 Å². The maximum Gasteiger partial charge on any atom is 0.339 e. The number of carboxylic acids is 1. The number of carbonyl (C=O) groups is 1. The Morgan fingerprint density at radius 2 is 2.28 bits per heavy atom. The first kappa shape index (κ1) is 13.1. The van der Waals surface area contributed by atoms with Crippen LogP contribution >= 0.6 is 0 Å². The van der Waals surface area contributed by atoms with Crippen LogP contribution in [0.15, 0.2) is 16.7 Å². The first-order chi connectivity index (χ1) is 8.40. The zero-order valence-electron chi connectivity index (χ0n) is 10.6. The lowest BCUT2D eigenvalue weighted by Crippen LogP contribution is -2.45. The van der Waals surface area contributed by atoms with E-state index in [1.165, 1.54) is 12.3 Å². The van der Waals surface area contributed by atoms with Crippen molar-refractivity contribution in [3.05, 3.63) is 23.7 Å². The summed E-state index contributed by atoms with van der Waals surface area (Å²) in [6.45, 7) is 4.28. The average molecular weight is 254 g/mol. The van der Waals surface area contributed by atoms with Crippen LogP contribution in [0.5, 0.6) is 0 Å². The van der Waals surface area contributed by atoms with Crippen LogP contribution in [0.25, 0.3) is 0 Å². The number of carboxylic acid groups (broad SMARTS) is 1. The highest BCUT2D eigenvalue weighted by molar-refractivity contribution is 5.89. The Hall–Kier alpha value is -1.33. The molecule has 0 radical (unpaired) electrons. The van der Waals surface area contributed by atoms with Crippen molar-refractivity contribution in [2.75, 3.05) is 6.61 Å². The van der Waals surface area contributed by atoms with Gasteiger partial charge >= 0.3 is 5.97 Å². The van der Waals surface area contributed by atoms with Crippen molar-refractivity contribution in [2.45, 2.75) is 44.3 Å². The molecule has 2 atom stereocenters. The molecule has 1 aliphatic heterocycles. The van der Waals surface area contributed by atoms with Gasteiger partial charge in [-0.2, -0.15) is 0 Å². The van der Waals surface area contributed by atoms with Gasteiger partial charge in [0.05, 0.1) is 18.5 Å². The summed E-state index contributed by atoms with van der Waals surface area (Å²) in [6.07, 6.45) is 2.73. The zero-order valence-corrected chi connectivity index (χ0v) is 10.6. The van der Waals surface area contributed by atoms with Crippen LogP contribution in [0.2, 0.25) is 0 Å². The van der Waals surface area contributed by atoms with Crippen LogP contribution in [-0.4, -0.2) is 28.4 Å². The van der Waals surface area contributed by atoms with E-state index >= 15 is 0 Å². The molecule has 1 aliphatic rings. The normalized spacial score (nSPS) is 32.4. The predicted molar refractivity (Wildman–Crippen MR) is 63.4 cm³/mol. The van der Waals surface area contributed by atoms with Gasteiger partial charge in [-0.05, 0) is 19.4 Å². The summed E-state index contributed by atoms with van der Waals surface area (Å²) in [4.78, 5) is 11.1. The van der Waals surface area contributed by atoms with E-state index in [0.29, 0.717) is 19.4 Å². The molecule has 2 N–H and O–H groups in total. The molecule has 2 unspecified atom stereocenters. The highest BCUT2D eigenvalue weighted by Crippen LogP contribution is 2.42. The van der Waals surface area contributed by atoms with Crippen molar-refractivity contribution in [2.24, 2.45) is 0 Å². The first-order valence-electron chi connectivity index (χ1n) is 6.08. The van der Waals surface area contributed by atoms with Gasteiger partial charge < -0.3 is 19.4 Å². The Balaban J connectivity index is 2.36. The fraction of sp³-hybridized carbons (Fsp3) is 0.615. The summed E-state index contributed by atoms with van der Waals surface area (Å²) in [7, 11) is 0. The minimum absolute atomic E-state index is 0.0258. The SMILES string of the molecule is CCC1(C)CC(O)(c2occc2C(=O)O)CCO1. The fourth-order valence-electron chi connectivity index (χ4n) is 2.48. The Morgan fingerprint density at radius 1 is 1.56 bits per heavy atom. The van der Waals surface area contributed by atoms with Gasteiger partial charge in [-0.1, -0.05) is 6.92 Å². The van der Waals surface area contributed by atoms with Crippen LogP contribution < -0.4 is 0 Å². The number of aromatic carboxylic acids is 1. The summed E-state index contributed by atoms with van der Waals surface area (Å²) in [5.74, 6) is -0.949. The van der Waals surface area contributed by atoms with E-state index in [-0.39, 0.29) is 11.3 Å². The Morgan fingerprint density at radius 3 is 2.89 bits per heavy atom. The average Bonchev–Trinajstić information content (AvgIpc) is 2.78. The lowest BCUT2D eigenvalue weighted by molar-refractivity contribution is -0.164. The molecular formula is C13H18O5. The molecule has 0 amide bonds. The largest absolute Gasteiger partial charge is 0.478 e. The van der Waals surface area contributed by atoms with Gasteiger partial charge in [0.2, 0.25) is 0 Å². The van der Waals surface area contributed by atoms with Gasteiger partial charge in [-0.25, -0.2) is 4.79 Å². The molecule has 2 heterocycles. The van der Waals surface area contributed by atoms with Gasteiger partial charge in [0.25, 0.3) is 0 Å². The fourth-order valence-corrected chi connectivity index (χ4v) is 2.48.